The van der Waals surface area contributed by atoms with Crippen LogP contribution < -0.4 is 12.4 Å². The molecule has 0 heterocycles. The molecule has 12 heteroatoms. The predicted molar refractivity (Wildman–Crippen MR) is 114 cm³/mol. The van der Waals surface area contributed by atoms with Crippen molar-refractivity contribution in [3.8, 4) is 0 Å². The number of likely N-dealkylation sites (N-methyl/N-ethyl adjacent to an activating group) is 2. The minimum atomic E-state index is -4.41. The van der Waals surface area contributed by atoms with Gasteiger partial charge in [0.1, 0.15) is 26.3 Å². The van der Waals surface area contributed by atoms with E-state index in [0.717, 1.165) is 29.2 Å². The van der Waals surface area contributed by atoms with E-state index in [2.05, 4.69) is 59.6 Å². The standard InChI is InChI=1S/2C9H18NO2.CH4O4S.ClH/c2*1-8(2)9(11)12-7-6-10(3,4)5;1-5-6(2,3)4;/h2*1,6-7H2,2-5H3;1H3,(H,2,3,4);1H/q2*+1;;/p-2. The SMILES string of the molecule is C=C(C)C(=O)OCC[N+](C)(C)C.C=C(C)C(=O)OCC[N+](C)(C)C.COS(=O)(=O)[O-].[Cl-]. The molecule has 0 amide bonds. The van der Waals surface area contributed by atoms with Gasteiger partial charge in [-0.2, -0.15) is 0 Å². The number of rotatable bonds is 9. The van der Waals surface area contributed by atoms with Crippen LogP contribution in [-0.4, -0.2) is 110 Å². The fraction of sp³-hybridized carbons (Fsp3) is 0.684. The lowest BCUT2D eigenvalue weighted by molar-refractivity contribution is -0.870. The van der Waals surface area contributed by atoms with Crippen molar-refractivity contribution in [2.24, 2.45) is 0 Å². The van der Waals surface area contributed by atoms with Crippen LogP contribution in [0.25, 0.3) is 0 Å². The van der Waals surface area contributed by atoms with Crippen LogP contribution in [0.3, 0.4) is 0 Å². The molecule has 0 N–H and O–H groups in total. The maximum absolute atomic E-state index is 10.9. The fourth-order valence-corrected chi connectivity index (χ4v) is 1.07. The van der Waals surface area contributed by atoms with Gasteiger partial charge in [0.25, 0.3) is 0 Å². The number of nitrogens with zero attached hydrogens (tertiary/aromatic N) is 2. The second kappa shape index (κ2) is 17.1. The van der Waals surface area contributed by atoms with E-state index >= 15 is 0 Å². The largest absolute Gasteiger partial charge is 1.00 e. The molecule has 0 radical (unpaired) electrons. The summed E-state index contributed by atoms with van der Waals surface area (Å²) in [7, 11) is 8.70. The first kappa shape index (κ1) is 36.8. The van der Waals surface area contributed by atoms with Gasteiger partial charge in [0.05, 0.1) is 49.4 Å². The number of halogens is 1. The maximum Gasteiger partial charge on any atom is 0.333 e. The number of carbonyl (C=O) groups is 2. The van der Waals surface area contributed by atoms with Crippen LogP contribution in [0.1, 0.15) is 13.8 Å². The Balaban J connectivity index is -0.000000183. The summed E-state index contributed by atoms with van der Waals surface area (Å²) >= 11 is 0. The molecule has 0 aromatic rings. The van der Waals surface area contributed by atoms with E-state index in [4.69, 9.17) is 9.47 Å². The summed E-state index contributed by atoms with van der Waals surface area (Å²) in [6.45, 7) is 12.8. The summed E-state index contributed by atoms with van der Waals surface area (Å²) < 4.78 is 42.5. The molecule has 0 saturated carbocycles. The van der Waals surface area contributed by atoms with Crippen LogP contribution in [0.4, 0.5) is 0 Å². The molecule has 0 aromatic heterocycles. The molecule has 31 heavy (non-hydrogen) atoms. The van der Waals surface area contributed by atoms with Crippen molar-refractivity contribution in [3.63, 3.8) is 0 Å². The summed E-state index contributed by atoms with van der Waals surface area (Å²) in [6, 6.07) is 0. The van der Waals surface area contributed by atoms with E-state index in [-0.39, 0.29) is 24.3 Å². The Morgan fingerprint density at radius 1 is 0.806 bits per heavy atom. The summed E-state index contributed by atoms with van der Waals surface area (Å²) in [5, 5.41) is 0. The van der Waals surface area contributed by atoms with E-state index in [9.17, 15) is 22.6 Å². The molecular formula is C19H39ClN2O8S. The van der Waals surface area contributed by atoms with Crippen LogP contribution in [0.2, 0.25) is 0 Å². The Bertz CT molecular complexity index is 623. The number of quaternary nitrogens is 2. The Labute approximate surface area is 194 Å². The van der Waals surface area contributed by atoms with Crippen molar-refractivity contribution in [3.05, 3.63) is 24.3 Å². The van der Waals surface area contributed by atoms with Crippen molar-refractivity contribution in [2.75, 3.05) is 75.7 Å². The molecule has 0 saturated heterocycles. The van der Waals surface area contributed by atoms with Gasteiger partial charge in [0.15, 0.2) is 0 Å². The predicted octanol–water partition coefficient (Wildman–Crippen LogP) is -2.28. The van der Waals surface area contributed by atoms with E-state index < -0.39 is 10.4 Å². The van der Waals surface area contributed by atoms with Crippen LogP contribution in [0.5, 0.6) is 0 Å². The molecule has 0 spiro atoms. The zero-order chi connectivity index (χ0) is 24.8. The van der Waals surface area contributed by atoms with Gasteiger partial charge in [-0.3, -0.25) is 4.18 Å². The zero-order valence-electron chi connectivity index (χ0n) is 20.2. The molecule has 0 unspecified atom stereocenters. The second-order valence-electron chi connectivity index (χ2n) is 8.44. The summed E-state index contributed by atoms with van der Waals surface area (Å²) in [4.78, 5) is 21.8. The van der Waals surface area contributed by atoms with Crippen molar-refractivity contribution in [1.29, 1.82) is 0 Å². The first-order valence-electron chi connectivity index (χ1n) is 8.99. The fourth-order valence-electron chi connectivity index (χ4n) is 1.07. The lowest BCUT2D eigenvalue weighted by Crippen LogP contribution is -3.00. The van der Waals surface area contributed by atoms with Crippen LogP contribution in [-0.2, 0) is 33.6 Å². The van der Waals surface area contributed by atoms with Crippen molar-refractivity contribution in [2.45, 2.75) is 13.8 Å². The molecule has 0 atom stereocenters. The Kier molecular flexibility index (Phi) is 20.3. The first-order valence-corrected chi connectivity index (χ1v) is 10.3. The molecule has 0 aliphatic carbocycles. The highest BCUT2D eigenvalue weighted by atomic mass is 35.5. The minimum absolute atomic E-state index is 0. The lowest BCUT2D eigenvalue weighted by atomic mass is 10.4. The highest BCUT2D eigenvalue weighted by Crippen LogP contribution is 1.95. The van der Waals surface area contributed by atoms with Gasteiger partial charge in [-0.05, 0) is 13.8 Å². The lowest BCUT2D eigenvalue weighted by Gasteiger charge is -2.23. The van der Waals surface area contributed by atoms with Crippen LogP contribution in [0.15, 0.2) is 24.3 Å². The molecular weight excluding hydrogens is 452 g/mol. The topological polar surface area (TPSA) is 119 Å². The van der Waals surface area contributed by atoms with Gasteiger partial charge in [-0.25, -0.2) is 18.0 Å². The van der Waals surface area contributed by atoms with Gasteiger partial charge < -0.3 is 35.4 Å². The van der Waals surface area contributed by atoms with E-state index in [1.165, 1.54) is 0 Å². The summed E-state index contributed by atoms with van der Waals surface area (Å²) in [6.07, 6.45) is 0. The van der Waals surface area contributed by atoms with Crippen molar-refractivity contribution in [1.82, 2.24) is 0 Å². The Morgan fingerprint density at radius 2 is 1.03 bits per heavy atom. The second-order valence-corrected chi connectivity index (χ2v) is 9.59. The highest BCUT2D eigenvalue weighted by molar-refractivity contribution is 7.80. The monoisotopic (exact) mass is 490 g/mol. The molecule has 0 aromatic carbocycles. The zero-order valence-corrected chi connectivity index (χ0v) is 21.8. The normalized spacial score (nSPS) is 10.8. The Morgan fingerprint density at radius 3 is 1.16 bits per heavy atom. The smallest absolute Gasteiger partial charge is 0.333 e. The molecule has 0 fully saturated rings. The number of hydrogen-bond acceptors (Lipinski definition) is 8. The van der Waals surface area contributed by atoms with Gasteiger partial charge in [0, 0.05) is 11.1 Å². The Hall–Kier alpha value is -1.50. The van der Waals surface area contributed by atoms with Gasteiger partial charge >= 0.3 is 11.9 Å². The number of esters is 2. The van der Waals surface area contributed by atoms with Crippen molar-refractivity contribution < 1.29 is 57.6 Å². The first-order chi connectivity index (χ1) is 13.2. The average Bonchev–Trinajstić information content (AvgIpc) is 2.52. The van der Waals surface area contributed by atoms with Gasteiger partial charge in [0.2, 0.25) is 10.4 Å². The maximum atomic E-state index is 10.9. The third kappa shape index (κ3) is 36.2. The molecule has 10 nitrogen and oxygen atoms in total. The molecule has 0 bridgehead atoms. The number of carbonyl (C=O) groups excluding carboxylic acids is 2. The third-order valence-electron chi connectivity index (χ3n) is 2.89. The molecule has 186 valence electrons. The number of hydrogen-bond donors (Lipinski definition) is 0. The van der Waals surface area contributed by atoms with Crippen molar-refractivity contribution >= 4 is 22.3 Å². The molecule has 0 aliphatic heterocycles. The quantitative estimate of drug-likeness (QED) is 0.117. The number of ether oxygens (including phenoxy) is 2. The molecule has 0 rings (SSSR count). The van der Waals surface area contributed by atoms with Gasteiger partial charge in [-0.15, -0.1) is 0 Å². The highest BCUT2D eigenvalue weighted by Gasteiger charge is 2.10. The summed E-state index contributed by atoms with van der Waals surface area (Å²) in [5.41, 5.74) is 0.910. The van der Waals surface area contributed by atoms with E-state index in [1.807, 2.05) is 0 Å². The summed E-state index contributed by atoms with van der Waals surface area (Å²) in [5.74, 6) is -0.605. The van der Waals surface area contributed by atoms with E-state index in [1.54, 1.807) is 13.8 Å². The van der Waals surface area contributed by atoms with E-state index in [0.29, 0.717) is 24.4 Å². The molecule has 0 aliphatic rings. The van der Waals surface area contributed by atoms with Crippen LogP contribution in [0, 0.1) is 0 Å². The third-order valence-corrected chi connectivity index (χ3v) is 3.30. The minimum Gasteiger partial charge on any atom is -1.00 e. The van der Waals surface area contributed by atoms with Crippen LogP contribution >= 0.6 is 0 Å². The average molecular weight is 491 g/mol. The van der Waals surface area contributed by atoms with Gasteiger partial charge in [-0.1, -0.05) is 13.2 Å².